The summed E-state index contributed by atoms with van der Waals surface area (Å²) >= 11 is 1.21. The Morgan fingerprint density at radius 1 is 1.11 bits per heavy atom. The molecule has 2 rings (SSSR count). The summed E-state index contributed by atoms with van der Waals surface area (Å²) in [4.78, 5) is 38.5. The molecule has 0 saturated heterocycles. The van der Waals surface area contributed by atoms with E-state index in [0.717, 1.165) is 11.3 Å². The van der Waals surface area contributed by atoms with E-state index in [4.69, 9.17) is 4.74 Å². The Hall–Kier alpha value is -2.74. The summed E-state index contributed by atoms with van der Waals surface area (Å²) in [5.41, 5.74) is 2.63. The van der Waals surface area contributed by atoms with Crippen LogP contribution in [0.2, 0.25) is 0 Å². The Balaban J connectivity index is 1.72. The number of ether oxygens (including phenoxy) is 1. The van der Waals surface area contributed by atoms with E-state index in [9.17, 15) is 14.4 Å². The van der Waals surface area contributed by atoms with Crippen LogP contribution < -0.4 is 20.9 Å². The minimum Gasteiger partial charge on any atom is -0.497 e. The first-order valence-corrected chi connectivity index (χ1v) is 9.52. The number of carbonyl (C=O) groups excluding carboxylic acids is 2. The van der Waals surface area contributed by atoms with E-state index in [1.807, 2.05) is 19.9 Å². The van der Waals surface area contributed by atoms with Crippen LogP contribution in [0.4, 0.5) is 5.69 Å². The minimum atomic E-state index is -0.225. The number of amides is 2. The SMILES string of the molecule is COc1ccc(NC(=O)CSCC(=O)NCc2c(C)cc(C)[nH]c2=O)cc1. The van der Waals surface area contributed by atoms with Crippen LogP contribution in [0.3, 0.4) is 0 Å². The first kappa shape index (κ1) is 20.6. The van der Waals surface area contributed by atoms with Crippen molar-refractivity contribution in [1.82, 2.24) is 10.3 Å². The highest BCUT2D eigenvalue weighted by Gasteiger charge is 2.09. The molecule has 1 heterocycles. The fourth-order valence-corrected chi connectivity index (χ4v) is 3.09. The number of pyridine rings is 1. The lowest BCUT2D eigenvalue weighted by Crippen LogP contribution is -2.29. The maximum absolute atomic E-state index is 11.9. The Morgan fingerprint density at radius 3 is 2.41 bits per heavy atom. The summed E-state index contributed by atoms with van der Waals surface area (Å²) in [7, 11) is 1.57. The Kier molecular flexibility index (Phi) is 7.48. The van der Waals surface area contributed by atoms with Crippen molar-refractivity contribution in [2.24, 2.45) is 0 Å². The molecule has 2 amide bonds. The average Bonchev–Trinajstić information content (AvgIpc) is 2.61. The average molecular weight is 389 g/mol. The van der Waals surface area contributed by atoms with Gasteiger partial charge in [-0.25, -0.2) is 0 Å². The zero-order valence-electron chi connectivity index (χ0n) is 15.5. The molecular weight excluding hydrogens is 366 g/mol. The summed E-state index contributed by atoms with van der Waals surface area (Å²) in [6, 6.07) is 8.86. The number of rotatable bonds is 8. The maximum atomic E-state index is 11.9. The zero-order valence-corrected chi connectivity index (χ0v) is 16.4. The Bertz CT molecular complexity index is 862. The van der Waals surface area contributed by atoms with Gasteiger partial charge in [-0.2, -0.15) is 0 Å². The quantitative estimate of drug-likeness (QED) is 0.641. The number of aromatic nitrogens is 1. The number of benzene rings is 1. The van der Waals surface area contributed by atoms with Gasteiger partial charge in [0, 0.05) is 23.5 Å². The van der Waals surface area contributed by atoms with Crippen LogP contribution in [-0.4, -0.2) is 35.4 Å². The molecule has 27 heavy (non-hydrogen) atoms. The van der Waals surface area contributed by atoms with Crippen molar-refractivity contribution in [1.29, 1.82) is 0 Å². The number of thioether (sulfide) groups is 1. The van der Waals surface area contributed by atoms with Gasteiger partial charge in [0.25, 0.3) is 5.56 Å². The predicted octanol–water partition coefficient (Wildman–Crippen LogP) is 1.99. The van der Waals surface area contributed by atoms with Crippen LogP contribution >= 0.6 is 11.8 Å². The molecule has 0 saturated carbocycles. The first-order valence-electron chi connectivity index (χ1n) is 8.37. The highest BCUT2D eigenvalue weighted by molar-refractivity contribution is 8.00. The number of carbonyl (C=O) groups is 2. The summed E-state index contributed by atoms with van der Waals surface area (Å²) < 4.78 is 5.06. The second-order valence-electron chi connectivity index (χ2n) is 5.99. The lowest BCUT2D eigenvalue weighted by Gasteiger charge is -2.08. The van der Waals surface area contributed by atoms with Gasteiger partial charge in [0.1, 0.15) is 5.75 Å². The van der Waals surface area contributed by atoms with Crippen molar-refractivity contribution >= 4 is 29.3 Å². The monoisotopic (exact) mass is 389 g/mol. The molecule has 0 aliphatic heterocycles. The van der Waals surface area contributed by atoms with Gasteiger partial charge >= 0.3 is 0 Å². The van der Waals surface area contributed by atoms with Gasteiger partial charge in [0.2, 0.25) is 11.8 Å². The topological polar surface area (TPSA) is 100 Å². The van der Waals surface area contributed by atoms with E-state index in [2.05, 4.69) is 15.6 Å². The molecule has 7 nitrogen and oxygen atoms in total. The van der Waals surface area contributed by atoms with Gasteiger partial charge in [0.15, 0.2) is 0 Å². The molecule has 0 aliphatic carbocycles. The van der Waals surface area contributed by atoms with Crippen molar-refractivity contribution in [3.05, 3.63) is 57.5 Å². The van der Waals surface area contributed by atoms with E-state index < -0.39 is 0 Å². The van der Waals surface area contributed by atoms with E-state index >= 15 is 0 Å². The molecule has 3 N–H and O–H groups in total. The van der Waals surface area contributed by atoms with E-state index in [1.54, 1.807) is 31.4 Å². The fourth-order valence-electron chi connectivity index (χ4n) is 2.45. The molecule has 0 fully saturated rings. The number of hydrogen-bond acceptors (Lipinski definition) is 5. The Morgan fingerprint density at radius 2 is 1.78 bits per heavy atom. The second kappa shape index (κ2) is 9.82. The number of H-pyrrole nitrogens is 1. The third-order valence-corrected chi connectivity index (χ3v) is 4.73. The predicted molar refractivity (Wildman–Crippen MR) is 107 cm³/mol. The van der Waals surface area contributed by atoms with Crippen molar-refractivity contribution in [2.75, 3.05) is 23.9 Å². The van der Waals surface area contributed by atoms with Gasteiger partial charge in [-0.3, -0.25) is 14.4 Å². The third kappa shape index (κ3) is 6.49. The third-order valence-electron chi connectivity index (χ3n) is 3.80. The van der Waals surface area contributed by atoms with Gasteiger partial charge in [-0.1, -0.05) is 0 Å². The molecule has 0 aliphatic rings. The molecule has 1 aromatic heterocycles. The largest absolute Gasteiger partial charge is 0.497 e. The first-order chi connectivity index (χ1) is 12.9. The standard InChI is InChI=1S/C19H23N3O4S/c1-12-8-13(2)21-19(25)16(12)9-20-17(23)10-27-11-18(24)22-14-4-6-15(26-3)7-5-14/h4-8H,9-11H2,1-3H3,(H,20,23)(H,21,25)(H,22,24). The van der Waals surface area contributed by atoms with Gasteiger partial charge in [-0.05, 0) is 49.7 Å². The molecule has 1 aromatic carbocycles. The molecule has 0 bridgehead atoms. The summed E-state index contributed by atoms with van der Waals surface area (Å²) in [5.74, 6) is 0.588. The summed E-state index contributed by atoms with van der Waals surface area (Å²) in [6.07, 6.45) is 0. The minimum absolute atomic E-state index is 0.138. The number of aromatic amines is 1. The van der Waals surface area contributed by atoms with E-state index in [1.165, 1.54) is 11.8 Å². The molecular formula is C19H23N3O4S. The normalized spacial score (nSPS) is 10.3. The molecule has 8 heteroatoms. The zero-order chi connectivity index (χ0) is 19.8. The molecule has 0 spiro atoms. The van der Waals surface area contributed by atoms with Crippen LogP contribution in [0.25, 0.3) is 0 Å². The molecule has 0 radical (unpaired) electrons. The van der Waals surface area contributed by atoms with E-state index in [0.29, 0.717) is 17.0 Å². The molecule has 0 atom stereocenters. The van der Waals surface area contributed by atoms with Crippen LogP contribution in [0.1, 0.15) is 16.8 Å². The van der Waals surface area contributed by atoms with Crippen LogP contribution in [0.5, 0.6) is 5.75 Å². The van der Waals surface area contributed by atoms with Crippen molar-refractivity contribution < 1.29 is 14.3 Å². The summed E-state index contributed by atoms with van der Waals surface area (Å²) in [6.45, 7) is 3.81. The fraction of sp³-hybridized carbons (Fsp3) is 0.316. The Labute approximate surface area is 161 Å². The lowest BCUT2D eigenvalue weighted by molar-refractivity contribution is -0.118. The van der Waals surface area contributed by atoms with Crippen molar-refractivity contribution in [2.45, 2.75) is 20.4 Å². The smallest absolute Gasteiger partial charge is 0.253 e. The van der Waals surface area contributed by atoms with Crippen LogP contribution in [0, 0.1) is 13.8 Å². The number of anilines is 1. The molecule has 2 aromatic rings. The highest BCUT2D eigenvalue weighted by Crippen LogP contribution is 2.15. The van der Waals surface area contributed by atoms with Gasteiger partial charge in [-0.15, -0.1) is 11.8 Å². The number of aryl methyl sites for hydroxylation is 2. The molecule has 0 unspecified atom stereocenters. The maximum Gasteiger partial charge on any atom is 0.253 e. The number of hydrogen-bond donors (Lipinski definition) is 3. The van der Waals surface area contributed by atoms with Gasteiger partial charge in [0.05, 0.1) is 18.6 Å². The van der Waals surface area contributed by atoms with Gasteiger partial charge < -0.3 is 20.4 Å². The summed E-state index contributed by atoms with van der Waals surface area (Å²) in [5, 5.41) is 5.46. The van der Waals surface area contributed by atoms with Crippen molar-refractivity contribution in [3.8, 4) is 5.75 Å². The molecule has 144 valence electrons. The lowest BCUT2D eigenvalue weighted by atomic mass is 10.1. The van der Waals surface area contributed by atoms with E-state index in [-0.39, 0.29) is 35.4 Å². The second-order valence-corrected chi connectivity index (χ2v) is 6.97. The van der Waals surface area contributed by atoms with Crippen LogP contribution in [0.15, 0.2) is 35.1 Å². The number of methoxy groups -OCH3 is 1. The number of nitrogens with one attached hydrogen (secondary N) is 3. The van der Waals surface area contributed by atoms with Crippen LogP contribution in [-0.2, 0) is 16.1 Å². The highest BCUT2D eigenvalue weighted by atomic mass is 32.2. The van der Waals surface area contributed by atoms with Crippen molar-refractivity contribution in [3.63, 3.8) is 0 Å².